The summed E-state index contributed by atoms with van der Waals surface area (Å²) in [5.41, 5.74) is 0. The highest BCUT2D eigenvalue weighted by Gasteiger charge is 2.35. The van der Waals surface area contributed by atoms with Crippen molar-refractivity contribution in [2.45, 2.75) is 51.4 Å². The average molecular weight is 188 g/mol. The van der Waals surface area contributed by atoms with E-state index in [1.54, 1.807) is 0 Å². The Kier molecular flexibility index (Phi) is 2.85. The minimum absolute atomic E-state index is 0.278. The summed E-state index contributed by atoms with van der Waals surface area (Å²) < 4.78 is 25.0. The predicted molar refractivity (Wildman–Crippen MR) is 48.8 cm³/mol. The van der Waals surface area contributed by atoms with Crippen molar-refractivity contribution in [3.05, 3.63) is 0 Å². The molecule has 0 heterocycles. The van der Waals surface area contributed by atoms with Gasteiger partial charge in [-0.25, -0.2) is 8.78 Å². The first-order valence-electron chi connectivity index (χ1n) is 5.55. The highest BCUT2D eigenvalue weighted by atomic mass is 19.3. The molecule has 2 heteroatoms. The van der Waals surface area contributed by atoms with Gasteiger partial charge in [-0.2, -0.15) is 0 Å². The van der Waals surface area contributed by atoms with Gasteiger partial charge < -0.3 is 0 Å². The molecule has 0 radical (unpaired) electrons. The predicted octanol–water partition coefficient (Wildman–Crippen LogP) is 3.86. The van der Waals surface area contributed by atoms with E-state index in [1.807, 2.05) is 0 Å². The summed E-state index contributed by atoms with van der Waals surface area (Å²) in [6.07, 6.45) is 5.72. The highest BCUT2D eigenvalue weighted by molar-refractivity contribution is 4.83. The van der Waals surface area contributed by atoms with Crippen molar-refractivity contribution in [2.75, 3.05) is 0 Å². The number of alkyl halides is 2. The zero-order valence-corrected chi connectivity index (χ0v) is 8.02. The van der Waals surface area contributed by atoms with E-state index in [9.17, 15) is 8.78 Å². The molecule has 0 aromatic heterocycles. The van der Waals surface area contributed by atoms with Crippen molar-refractivity contribution in [3.8, 4) is 0 Å². The molecule has 3 atom stereocenters. The minimum Gasteiger partial charge on any atom is -0.210 e. The molecule has 0 nitrogen and oxygen atoms in total. The Morgan fingerprint density at radius 2 is 1.54 bits per heavy atom. The lowest BCUT2D eigenvalue weighted by atomic mass is 9.67. The van der Waals surface area contributed by atoms with Crippen LogP contribution >= 0.6 is 0 Å². The second-order valence-electron chi connectivity index (χ2n) is 4.71. The first-order chi connectivity index (χ1) is 6.27. The molecule has 2 aliphatic rings. The number of halogens is 2. The lowest BCUT2D eigenvalue weighted by Crippen LogP contribution is -2.30. The molecule has 0 spiro atoms. The Hall–Kier alpha value is -0.140. The fraction of sp³-hybridized carbons (Fsp3) is 1.00. The van der Waals surface area contributed by atoms with Gasteiger partial charge in [-0.3, -0.25) is 0 Å². The molecular weight excluding hydrogens is 170 g/mol. The maximum absolute atomic E-state index is 12.5. The summed E-state index contributed by atoms with van der Waals surface area (Å²) >= 11 is 0. The largest absolute Gasteiger partial charge is 0.241 e. The van der Waals surface area contributed by atoms with Gasteiger partial charge in [0.25, 0.3) is 0 Å². The molecule has 0 aromatic rings. The van der Waals surface area contributed by atoms with E-state index >= 15 is 0 Å². The Bertz CT molecular complexity index is 167. The quantitative estimate of drug-likeness (QED) is 0.586. The van der Waals surface area contributed by atoms with Crippen molar-refractivity contribution in [1.82, 2.24) is 0 Å². The van der Waals surface area contributed by atoms with Gasteiger partial charge in [0.15, 0.2) is 0 Å². The Morgan fingerprint density at radius 1 is 0.846 bits per heavy atom. The molecule has 2 rings (SSSR count). The standard InChI is InChI=1S/C11H18F2/c12-11(13)10-6-5-8-3-1-2-4-9(8)7-10/h8-11H,1-7H2. The van der Waals surface area contributed by atoms with Crippen LogP contribution in [-0.2, 0) is 0 Å². The molecule has 2 saturated carbocycles. The lowest BCUT2D eigenvalue weighted by molar-refractivity contribution is 0.0147. The summed E-state index contributed by atoms with van der Waals surface area (Å²) in [5, 5.41) is 0. The fourth-order valence-electron chi connectivity index (χ4n) is 3.14. The molecule has 3 unspecified atom stereocenters. The topological polar surface area (TPSA) is 0 Å². The Morgan fingerprint density at radius 3 is 2.23 bits per heavy atom. The van der Waals surface area contributed by atoms with Gasteiger partial charge in [-0.1, -0.05) is 25.7 Å². The van der Waals surface area contributed by atoms with E-state index in [1.165, 1.54) is 25.7 Å². The van der Waals surface area contributed by atoms with Crippen LogP contribution in [0.15, 0.2) is 0 Å². The molecule has 0 aliphatic heterocycles. The van der Waals surface area contributed by atoms with Crippen molar-refractivity contribution in [3.63, 3.8) is 0 Å². The molecule has 2 fully saturated rings. The summed E-state index contributed by atoms with van der Waals surface area (Å²) in [4.78, 5) is 0. The van der Waals surface area contributed by atoms with Gasteiger partial charge in [0.2, 0.25) is 6.43 Å². The molecular formula is C11H18F2. The third kappa shape index (κ3) is 2.03. The van der Waals surface area contributed by atoms with Crippen molar-refractivity contribution in [2.24, 2.45) is 17.8 Å². The van der Waals surface area contributed by atoms with Gasteiger partial charge in [-0.05, 0) is 31.1 Å². The lowest BCUT2D eigenvalue weighted by Gasteiger charge is -2.39. The molecule has 0 N–H and O–H groups in total. The van der Waals surface area contributed by atoms with E-state index in [-0.39, 0.29) is 5.92 Å². The maximum atomic E-state index is 12.5. The third-order valence-corrected chi connectivity index (χ3v) is 3.94. The van der Waals surface area contributed by atoms with Crippen molar-refractivity contribution in [1.29, 1.82) is 0 Å². The van der Waals surface area contributed by atoms with E-state index in [0.29, 0.717) is 5.92 Å². The summed E-state index contributed by atoms with van der Waals surface area (Å²) in [6.45, 7) is 0. The second-order valence-corrected chi connectivity index (χ2v) is 4.71. The molecule has 0 aromatic carbocycles. The molecule has 76 valence electrons. The van der Waals surface area contributed by atoms with Gasteiger partial charge in [0, 0.05) is 5.92 Å². The van der Waals surface area contributed by atoms with Gasteiger partial charge in [0.05, 0.1) is 0 Å². The molecule has 0 bridgehead atoms. The first-order valence-corrected chi connectivity index (χ1v) is 5.55. The number of rotatable bonds is 1. The van der Waals surface area contributed by atoms with Gasteiger partial charge >= 0.3 is 0 Å². The maximum Gasteiger partial charge on any atom is 0.241 e. The van der Waals surface area contributed by atoms with E-state index in [2.05, 4.69) is 0 Å². The van der Waals surface area contributed by atoms with E-state index in [4.69, 9.17) is 0 Å². The second kappa shape index (κ2) is 3.93. The van der Waals surface area contributed by atoms with Crippen LogP contribution < -0.4 is 0 Å². The molecule has 2 aliphatic carbocycles. The summed E-state index contributed by atoms with van der Waals surface area (Å²) in [7, 11) is 0. The van der Waals surface area contributed by atoms with Crippen LogP contribution in [0.4, 0.5) is 8.78 Å². The Balaban J connectivity index is 1.91. The van der Waals surface area contributed by atoms with Crippen LogP contribution in [0.2, 0.25) is 0 Å². The summed E-state index contributed by atoms with van der Waals surface area (Å²) in [5.74, 6) is 1.16. The number of hydrogen-bond donors (Lipinski definition) is 0. The zero-order chi connectivity index (χ0) is 9.26. The van der Waals surface area contributed by atoms with Crippen molar-refractivity contribution >= 4 is 0 Å². The highest BCUT2D eigenvalue weighted by Crippen LogP contribution is 2.44. The normalized spacial score (nSPS) is 40.4. The molecule has 0 amide bonds. The fourth-order valence-corrected chi connectivity index (χ4v) is 3.14. The SMILES string of the molecule is FC(F)C1CCC2CCCCC2C1. The number of fused-ring (bicyclic) bond motifs is 1. The smallest absolute Gasteiger partial charge is 0.210 e. The van der Waals surface area contributed by atoms with Gasteiger partial charge in [0.1, 0.15) is 0 Å². The van der Waals surface area contributed by atoms with Crippen LogP contribution in [0.5, 0.6) is 0 Å². The van der Waals surface area contributed by atoms with Gasteiger partial charge in [-0.15, -0.1) is 0 Å². The van der Waals surface area contributed by atoms with Crippen LogP contribution in [0, 0.1) is 17.8 Å². The Labute approximate surface area is 78.7 Å². The zero-order valence-electron chi connectivity index (χ0n) is 8.02. The minimum atomic E-state index is -2.07. The third-order valence-electron chi connectivity index (χ3n) is 3.94. The van der Waals surface area contributed by atoms with Crippen LogP contribution in [0.1, 0.15) is 44.9 Å². The van der Waals surface area contributed by atoms with Crippen LogP contribution in [0.3, 0.4) is 0 Å². The van der Waals surface area contributed by atoms with Crippen LogP contribution in [-0.4, -0.2) is 6.43 Å². The van der Waals surface area contributed by atoms with Crippen LogP contribution in [0.25, 0.3) is 0 Å². The number of hydrogen-bond acceptors (Lipinski definition) is 0. The summed E-state index contributed by atoms with van der Waals surface area (Å²) in [6, 6.07) is 0. The average Bonchev–Trinajstić information content (AvgIpc) is 2.17. The first kappa shape index (κ1) is 9.42. The van der Waals surface area contributed by atoms with Crippen molar-refractivity contribution < 1.29 is 8.78 Å². The molecule has 0 saturated heterocycles. The van der Waals surface area contributed by atoms with E-state index in [0.717, 1.165) is 25.2 Å². The molecule has 13 heavy (non-hydrogen) atoms. The monoisotopic (exact) mass is 188 g/mol. The van der Waals surface area contributed by atoms with E-state index < -0.39 is 6.43 Å².